The van der Waals surface area contributed by atoms with Gasteiger partial charge < -0.3 is 6.15 Å². The molecule has 0 aromatic rings. The summed E-state index contributed by atoms with van der Waals surface area (Å²) in [6.07, 6.45) is 0. The molecule has 0 aliphatic rings. The van der Waals surface area contributed by atoms with Crippen LogP contribution in [0.15, 0.2) is 0 Å². The van der Waals surface area contributed by atoms with E-state index in [0.29, 0.717) is 0 Å². The maximum Gasteiger partial charge on any atom is -0.0525 e. The molecule has 0 aliphatic carbocycles. The summed E-state index contributed by atoms with van der Waals surface area (Å²) in [7, 11) is 2.11. The Labute approximate surface area is 40.9 Å². The van der Waals surface area contributed by atoms with Gasteiger partial charge in [-0.1, -0.05) is 9.39 Å². The highest BCUT2D eigenvalue weighted by molar-refractivity contribution is 7.59. The highest BCUT2D eigenvalue weighted by Gasteiger charge is 1.22. The average molecular weight is 115 g/mol. The normalized spacial score (nSPS) is 3.60. The molecule has 1 atom stereocenters. The molecule has 0 spiro atoms. The van der Waals surface area contributed by atoms with Crippen molar-refractivity contribution in [2.45, 2.75) is 0 Å². The number of hydrogen-bond donors (Lipinski definition) is 3. The first-order valence-corrected chi connectivity index (χ1v) is 1.15. The second-order valence-corrected chi connectivity index (χ2v) is 0.500. The standard InChI is InChI=1S/H5N2P.H3N.H2S/c1-2-3;;/h2H,1,3H2;1H3;1H2. The van der Waals surface area contributed by atoms with Crippen LogP contribution in [-0.2, 0) is 0 Å². The van der Waals surface area contributed by atoms with Crippen molar-refractivity contribution >= 4 is 22.9 Å². The molecule has 0 bridgehead atoms. The van der Waals surface area contributed by atoms with Crippen molar-refractivity contribution in [3.05, 3.63) is 0 Å². The fourth-order valence-electron chi connectivity index (χ4n) is 0. The van der Waals surface area contributed by atoms with Crippen LogP contribution in [0, 0.1) is 0 Å². The molecule has 1 unspecified atom stereocenters. The van der Waals surface area contributed by atoms with Gasteiger partial charge in [0.1, 0.15) is 0 Å². The van der Waals surface area contributed by atoms with Gasteiger partial charge in [-0.15, -0.1) is 0 Å². The maximum atomic E-state index is 4.56. The second kappa shape index (κ2) is 22.7. The van der Waals surface area contributed by atoms with Gasteiger partial charge in [0.15, 0.2) is 0 Å². The van der Waals surface area contributed by atoms with Crippen LogP contribution in [-0.4, -0.2) is 0 Å². The Kier molecular flexibility index (Phi) is 78.7. The van der Waals surface area contributed by atoms with Crippen LogP contribution in [0.5, 0.6) is 0 Å². The second-order valence-electron chi connectivity index (χ2n) is 0.167. The zero-order valence-electron chi connectivity index (χ0n) is 2.86. The molecule has 0 aromatic heterocycles. The number of nitrogens with two attached hydrogens (primary N) is 1. The SMILES string of the molecule is N.NNP.S. The Morgan fingerprint density at radius 3 is 1.60 bits per heavy atom. The third kappa shape index (κ3) is 75.7. The predicted octanol–water partition coefficient (Wildman–Crippen LogP) is -0.485. The lowest BCUT2D eigenvalue weighted by Crippen LogP contribution is -2.04. The minimum absolute atomic E-state index is 0. The lowest BCUT2D eigenvalue weighted by Gasteiger charge is -1.62. The topological polar surface area (TPSA) is 73.0 Å². The molecule has 3 nitrogen and oxygen atoms in total. The number of rotatable bonds is 0. The van der Waals surface area contributed by atoms with Gasteiger partial charge in [0.25, 0.3) is 0 Å². The molecule has 0 aromatic carbocycles. The van der Waals surface area contributed by atoms with Gasteiger partial charge >= 0.3 is 0 Å². The van der Waals surface area contributed by atoms with Crippen LogP contribution >= 0.6 is 22.9 Å². The van der Waals surface area contributed by atoms with E-state index in [9.17, 15) is 0 Å². The minimum atomic E-state index is 0. The Balaban J connectivity index is -0.0000000200. The molecule has 0 saturated heterocycles. The van der Waals surface area contributed by atoms with Crippen LogP contribution in [0.4, 0.5) is 0 Å². The maximum absolute atomic E-state index is 4.56. The van der Waals surface area contributed by atoms with Gasteiger partial charge in [-0.05, 0) is 0 Å². The van der Waals surface area contributed by atoms with Crippen LogP contribution in [0.2, 0.25) is 0 Å². The molecular formula is H10N3PS. The number of hydrogen-bond acceptors (Lipinski definition) is 3. The summed E-state index contributed by atoms with van der Waals surface area (Å²) in [5.41, 5.74) is 0. The molecule has 0 fully saturated rings. The fourth-order valence-corrected chi connectivity index (χ4v) is 0. The molecule has 5 heavy (non-hydrogen) atoms. The van der Waals surface area contributed by atoms with Gasteiger partial charge in [0.2, 0.25) is 0 Å². The predicted molar refractivity (Wildman–Crippen MR) is 32.4 cm³/mol. The smallest absolute Gasteiger partial charge is 0.0525 e. The lowest BCUT2D eigenvalue weighted by molar-refractivity contribution is 1.12. The van der Waals surface area contributed by atoms with Crippen LogP contribution in [0.25, 0.3) is 0 Å². The fraction of sp³-hybridized carbons (Fsp3) is 0. The Morgan fingerprint density at radius 1 is 1.60 bits per heavy atom. The van der Waals surface area contributed by atoms with E-state index in [1.165, 1.54) is 0 Å². The third-order valence-electron chi connectivity index (χ3n) is 0. The Bertz CT molecular complexity index is 6.85. The van der Waals surface area contributed by atoms with Crippen molar-refractivity contribution in [2.75, 3.05) is 0 Å². The summed E-state index contributed by atoms with van der Waals surface area (Å²) < 4.78 is 0. The van der Waals surface area contributed by atoms with Gasteiger partial charge in [-0.3, -0.25) is 5.84 Å². The highest BCUT2D eigenvalue weighted by Crippen LogP contribution is 1.44. The summed E-state index contributed by atoms with van der Waals surface area (Å²) in [5.74, 6) is 4.56. The van der Waals surface area contributed by atoms with Crippen molar-refractivity contribution in [3.8, 4) is 0 Å². The van der Waals surface area contributed by atoms with Crippen molar-refractivity contribution < 1.29 is 0 Å². The van der Waals surface area contributed by atoms with E-state index in [1.807, 2.05) is 0 Å². The highest BCUT2D eigenvalue weighted by atomic mass is 32.1. The third-order valence-corrected chi connectivity index (χ3v) is 0. The molecule has 5 heteroatoms. The molecular weight excluding hydrogens is 105 g/mol. The van der Waals surface area contributed by atoms with E-state index < -0.39 is 0 Å². The molecule has 0 amide bonds. The molecule has 0 radical (unpaired) electrons. The molecule has 36 valence electrons. The van der Waals surface area contributed by atoms with Gasteiger partial charge in [0, 0.05) is 0 Å². The summed E-state index contributed by atoms with van der Waals surface area (Å²) in [5, 5.41) is 2.17. The van der Waals surface area contributed by atoms with Gasteiger partial charge in [-0.25, -0.2) is 5.20 Å². The average Bonchev–Trinajstić information content (AvgIpc) is 0.918. The van der Waals surface area contributed by atoms with E-state index >= 15 is 0 Å². The van der Waals surface area contributed by atoms with Gasteiger partial charge in [0.05, 0.1) is 0 Å². The first-order chi connectivity index (χ1) is 1.41. The van der Waals surface area contributed by atoms with Crippen molar-refractivity contribution in [3.63, 3.8) is 0 Å². The first kappa shape index (κ1) is 17.4. The Hall–Kier alpha value is 0.660. The quantitative estimate of drug-likeness (QED) is 0.227. The van der Waals surface area contributed by atoms with Crippen molar-refractivity contribution in [1.82, 2.24) is 11.3 Å². The summed E-state index contributed by atoms with van der Waals surface area (Å²) in [6, 6.07) is 0. The van der Waals surface area contributed by atoms with E-state index in [-0.39, 0.29) is 19.6 Å². The first-order valence-electron chi connectivity index (χ1n) is 0.577. The molecule has 0 heterocycles. The van der Waals surface area contributed by atoms with E-state index in [1.54, 1.807) is 0 Å². The largest absolute Gasteiger partial charge is 0.344 e. The summed E-state index contributed by atoms with van der Waals surface area (Å²) in [4.78, 5) is 0. The van der Waals surface area contributed by atoms with Crippen LogP contribution in [0.3, 0.4) is 0 Å². The van der Waals surface area contributed by atoms with E-state index in [4.69, 9.17) is 0 Å². The molecule has 0 aliphatic heterocycles. The lowest BCUT2D eigenvalue weighted by atomic mass is 13.0. The zero-order chi connectivity index (χ0) is 2.71. The molecule has 6 N–H and O–H groups in total. The van der Waals surface area contributed by atoms with Gasteiger partial charge in [-0.2, -0.15) is 13.5 Å². The minimum Gasteiger partial charge on any atom is -0.344 e. The summed E-state index contributed by atoms with van der Waals surface area (Å²) >= 11 is 0. The van der Waals surface area contributed by atoms with E-state index in [0.717, 1.165) is 0 Å². The summed E-state index contributed by atoms with van der Waals surface area (Å²) in [6.45, 7) is 0. The monoisotopic (exact) mass is 115 g/mol. The van der Waals surface area contributed by atoms with Crippen LogP contribution in [0.1, 0.15) is 0 Å². The Morgan fingerprint density at radius 2 is 1.60 bits per heavy atom. The zero-order valence-corrected chi connectivity index (χ0v) is 5.02. The molecule has 0 rings (SSSR count). The van der Waals surface area contributed by atoms with Crippen LogP contribution < -0.4 is 17.2 Å². The van der Waals surface area contributed by atoms with E-state index in [2.05, 4.69) is 20.4 Å². The van der Waals surface area contributed by atoms with Crippen molar-refractivity contribution in [1.29, 1.82) is 0 Å². The number of hydrazine groups is 1. The number of nitrogens with one attached hydrogen (secondary N) is 1. The molecule has 0 saturated carbocycles. The van der Waals surface area contributed by atoms with Crippen molar-refractivity contribution in [2.24, 2.45) is 5.84 Å².